The number of sulfonamides is 1. The van der Waals surface area contributed by atoms with Crippen molar-refractivity contribution in [2.75, 3.05) is 56.7 Å². The summed E-state index contributed by atoms with van der Waals surface area (Å²) < 4.78 is 96.2. The Kier molecular flexibility index (Phi) is 16.0. The van der Waals surface area contributed by atoms with E-state index >= 15 is 0 Å². The SMILES string of the molecule is CN(C)CC[C@H](CSc1ccccc1)Nc1ccc(S(=O)(=O)NC(=O)c2ccc(NCCNC[C@@H]3CCCC[C@H]3c3ccc(Cl)cc3)cc2)cc1S(=O)(=O)C(F)(F)F. The van der Waals surface area contributed by atoms with Crippen molar-refractivity contribution < 1.29 is 34.8 Å². The van der Waals surface area contributed by atoms with Crippen molar-refractivity contribution in [2.45, 2.75) is 64.3 Å². The van der Waals surface area contributed by atoms with Crippen LogP contribution in [0.1, 0.15) is 53.9 Å². The van der Waals surface area contributed by atoms with Crippen LogP contribution in [0.5, 0.6) is 0 Å². The van der Waals surface area contributed by atoms with Crippen LogP contribution in [0.2, 0.25) is 5.02 Å². The molecule has 0 spiro atoms. The van der Waals surface area contributed by atoms with Gasteiger partial charge < -0.3 is 20.9 Å². The van der Waals surface area contributed by atoms with Gasteiger partial charge in [-0.15, -0.1) is 11.8 Å². The Balaban J connectivity index is 1.21. The molecule has 0 saturated heterocycles. The lowest BCUT2D eigenvalue weighted by Crippen LogP contribution is -2.32. The van der Waals surface area contributed by atoms with Crippen LogP contribution in [0, 0.1) is 5.92 Å². The van der Waals surface area contributed by atoms with Crippen molar-refractivity contribution in [1.29, 1.82) is 0 Å². The molecule has 1 amide bonds. The van der Waals surface area contributed by atoms with Crippen molar-refractivity contribution in [3.8, 4) is 0 Å². The lowest BCUT2D eigenvalue weighted by atomic mass is 9.75. The minimum atomic E-state index is -6.02. The van der Waals surface area contributed by atoms with E-state index in [-0.39, 0.29) is 5.56 Å². The molecular formula is C41H49ClF3N5O5S3. The van der Waals surface area contributed by atoms with E-state index in [0.29, 0.717) is 55.4 Å². The topological polar surface area (TPSA) is 137 Å². The Hall–Kier alpha value is -3.80. The van der Waals surface area contributed by atoms with Crippen LogP contribution in [0.4, 0.5) is 24.5 Å². The molecule has 17 heteroatoms. The predicted molar refractivity (Wildman–Crippen MR) is 226 cm³/mol. The zero-order valence-electron chi connectivity index (χ0n) is 32.3. The highest BCUT2D eigenvalue weighted by atomic mass is 35.5. The van der Waals surface area contributed by atoms with E-state index < -0.39 is 52.8 Å². The molecule has 0 radical (unpaired) electrons. The van der Waals surface area contributed by atoms with Crippen LogP contribution >= 0.6 is 23.4 Å². The monoisotopic (exact) mass is 879 g/mol. The Bertz CT molecular complexity index is 2180. The molecule has 0 aliphatic heterocycles. The number of hydrogen-bond donors (Lipinski definition) is 4. The van der Waals surface area contributed by atoms with Crippen molar-refractivity contribution in [3.63, 3.8) is 0 Å². The maximum absolute atomic E-state index is 14.0. The lowest BCUT2D eigenvalue weighted by molar-refractivity contribution is -0.0435. The third-order valence-electron chi connectivity index (χ3n) is 9.96. The van der Waals surface area contributed by atoms with E-state index in [0.717, 1.165) is 41.4 Å². The van der Waals surface area contributed by atoms with Crippen LogP contribution in [0.3, 0.4) is 0 Å². The maximum Gasteiger partial charge on any atom is 0.501 e. The zero-order valence-corrected chi connectivity index (χ0v) is 35.5. The van der Waals surface area contributed by atoms with E-state index in [1.54, 1.807) is 12.1 Å². The highest BCUT2D eigenvalue weighted by molar-refractivity contribution is 7.99. The predicted octanol–water partition coefficient (Wildman–Crippen LogP) is 8.25. The van der Waals surface area contributed by atoms with Gasteiger partial charge in [-0.1, -0.05) is 54.8 Å². The van der Waals surface area contributed by atoms with E-state index in [2.05, 4.69) is 28.1 Å². The van der Waals surface area contributed by atoms with E-state index in [9.17, 15) is 34.8 Å². The summed E-state index contributed by atoms with van der Waals surface area (Å²) in [5.74, 6) is 0.321. The molecule has 314 valence electrons. The molecule has 4 N–H and O–H groups in total. The largest absolute Gasteiger partial charge is 0.501 e. The number of amides is 1. The summed E-state index contributed by atoms with van der Waals surface area (Å²) in [6.45, 7) is 2.69. The molecule has 1 fully saturated rings. The van der Waals surface area contributed by atoms with Crippen molar-refractivity contribution >= 4 is 60.5 Å². The van der Waals surface area contributed by atoms with E-state index in [1.807, 2.05) is 66.2 Å². The van der Waals surface area contributed by atoms with Crippen LogP contribution in [-0.4, -0.2) is 85.2 Å². The van der Waals surface area contributed by atoms with Crippen molar-refractivity contribution in [1.82, 2.24) is 14.9 Å². The number of anilines is 2. The number of halogens is 4. The summed E-state index contributed by atoms with van der Waals surface area (Å²) in [6.07, 6.45) is 5.14. The molecule has 4 aromatic rings. The third-order valence-corrected chi connectivity index (χ3v) is 14.2. The highest BCUT2D eigenvalue weighted by Gasteiger charge is 2.48. The Labute approximate surface area is 348 Å². The standard InChI is InChI=1S/C41H49ClF3N5O5S3/c1-50(2)25-22-34(28-56-35-9-4-3-5-10-35)48-38-21-20-36(26-39(38)57(52,53)41(43,44)45)58(54,55)49-40(51)30-14-18-33(19-15-30)47-24-23-46-27-31-8-6-7-11-37(31)29-12-16-32(42)17-13-29/h3-5,9-10,12-21,26,31,34,37,46-48H,6-8,11,22-25,27-28H2,1-2H3,(H,49,51)/t31-,34+,37-/m0/s1. The fourth-order valence-electron chi connectivity index (χ4n) is 6.84. The highest BCUT2D eigenvalue weighted by Crippen LogP contribution is 2.38. The first-order chi connectivity index (χ1) is 27.5. The average molecular weight is 881 g/mol. The summed E-state index contributed by atoms with van der Waals surface area (Å²) in [5, 5.41) is 10.5. The number of alkyl halides is 3. The molecule has 4 aromatic carbocycles. The number of nitrogens with zero attached hydrogens (tertiary/aromatic N) is 1. The molecule has 10 nitrogen and oxygen atoms in total. The van der Waals surface area contributed by atoms with E-state index in [4.69, 9.17) is 11.6 Å². The number of rotatable bonds is 19. The van der Waals surface area contributed by atoms with Crippen molar-refractivity contribution in [2.24, 2.45) is 5.92 Å². The van der Waals surface area contributed by atoms with Gasteiger partial charge in [-0.3, -0.25) is 4.79 Å². The Morgan fingerprint density at radius 1 is 0.897 bits per heavy atom. The second-order valence-corrected chi connectivity index (χ2v) is 19.6. The molecule has 1 aliphatic carbocycles. The number of hydrogen-bond acceptors (Lipinski definition) is 10. The Morgan fingerprint density at radius 2 is 1.59 bits per heavy atom. The van der Waals surface area contributed by atoms with Gasteiger partial charge in [0.25, 0.3) is 25.8 Å². The zero-order chi connectivity index (χ0) is 41.9. The molecule has 0 unspecified atom stereocenters. The second-order valence-electron chi connectivity index (χ2n) is 14.5. The quantitative estimate of drug-likeness (QED) is 0.0539. The maximum atomic E-state index is 14.0. The van der Waals surface area contributed by atoms with Gasteiger partial charge in [0.05, 0.1) is 10.6 Å². The van der Waals surface area contributed by atoms with Crippen molar-refractivity contribution in [3.05, 3.63) is 113 Å². The van der Waals surface area contributed by atoms with Gasteiger partial charge in [-0.25, -0.2) is 21.6 Å². The number of nitrogens with one attached hydrogen (secondary N) is 4. The summed E-state index contributed by atoms with van der Waals surface area (Å²) >= 11 is 7.53. The van der Waals surface area contributed by atoms with Gasteiger partial charge in [-0.2, -0.15) is 13.2 Å². The number of thioether (sulfide) groups is 1. The van der Waals surface area contributed by atoms with Gasteiger partial charge in [-0.05, 0) is 131 Å². The number of benzene rings is 4. The molecule has 5 rings (SSSR count). The second kappa shape index (κ2) is 20.4. The number of sulfone groups is 1. The first kappa shape index (κ1) is 45.3. The summed E-state index contributed by atoms with van der Waals surface area (Å²) in [6, 6.07) is 25.3. The Morgan fingerprint density at radius 3 is 2.26 bits per heavy atom. The molecule has 0 aromatic heterocycles. The van der Waals surface area contributed by atoms with Gasteiger partial charge in [0.2, 0.25) is 0 Å². The first-order valence-corrected chi connectivity index (χ1v) is 23.3. The van der Waals surface area contributed by atoms with Crippen LogP contribution < -0.4 is 20.7 Å². The van der Waals surface area contributed by atoms with Gasteiger partial charge in [0, 0.05) is 46.1 Å². The van der Waals surface area contributed by atoms with Gasteiger partial charge in [0.15, 0.2) is 0 Å². The normalized spacial score (nSPS) is 16.8. The fraction of sp³-hybridized carbons (Fsp3) is 0.390. The molecular weight excluding hydrogens is 831 g/mol. The van der Waals surface area contributed by atoms with Gasteiger partial charge in [0.1, 0.15) is 4.90 Å². The average Bonchev–Trinajstić information content (AvgIpc) is 3.19. The molecule has 58 heavy (non-hydrogen) atoms. The smallest absolute Gasteiger partial charge is 0.384 e. The molecule has 1 saturated carbocycles. The van der Waals surface area contributed by atoms with E-state index in [1.165, 1.54) is 42.3 Å². The molecule has 0 bridgehead atoms. The van der Waals surface area contributed by atoms with Crippen LogP contribution in [0.25, 0.3) is 0 Å². The van der Waals surface area contributed by atoms with Crippen LogP contribution in [-0.2, 0) is 19.9 Å². The van der Waals surface area contributed by atoms with Crippen LogP contribution in [0.15, 0.2) is 112 Å². The third kappa shape index (κ3) is 12.6. The van der Waals surface area contributed by atoms with Gasteiger partial charge >= 0.3 is 5.51 Å². The number of carbonyl (C=O) groups excluding carboxylic acids is 1. The fourth-order valence-corrected chi connectivity index (χ4v) is 9.99. The summed E-state index contributed by atoms with van der Waals surface area (Å²) in [5.41, 5.74) is -4.16. The molecule has 1 aliphatic rings. The minimum Gasteiger partial charge on any atom is -0.384 e. The summed E-state index contributed by atoms with van der Waals surface area (Å²) in [4.78, 5) is 13.8. The summed E-state index contributed by atoms with van der Waals surface area (Å²) in [7, 11) is -7.18. The molecule has 0 heterocycles. The molecule has 3 atom stereocenters. The number of carbonyl (C=O) groups is 1. The first-order valence-electron chi connectivity index (χ1n) is 19.0. The minimum absolute atomic E-state index is 0.0288. The lowest BCUT2D eigenvalue weighted by Gasteiger charge is -2.32.